The van der Waals surface area contributed by atoms with Gasteiger partial charge in [0.25, 0.3) is 0 Å². The lowest BCUT2D eigenvalue weighted by atomic mass is 9.69. The molecule has 3 atom stereocenters. The first-order valence-electron chi connectivity index (χ1n) is 12.3. The molecule has 0 spiro atoms. The van der Waals surface area contributed by atoms with Gasteiger partial charge >= 0.3 is 5.97 Å². The van der Waals surface area contributed by atoms with Crippen LogP contribution in [-0.4, -0.2) is 52.5 Å². The van der Waals surface area contributed by atoms with Gasteiger partial charge in [-0.1, -0.05) is 6.07 Å². The van der Waals surface area contributed by atoms with E-state index >= 15 is 0 Å². The van der Waals surface area contributed by atoms with E-state index in [1.165, 1.54) is 0 Å². The molecule has 0 aromatic heterocycles. The molecule has 37 heavy (non-hydrogen) atoms. The summed E-state index contributed by atoms with van der Waals surface area (Å²) < 4.78 is 27.4. The Labute approximate surface area is 217 Å². The van der Waals surface area contributed by atoms with Crippen LogP contribution < -0.4 is 18.9 Å². The number of nitrogens with zero attached hydrogens (tertiary/aromatic N) is 1. The zero-order valence-corrected chi connectivity index (χ0v) is 22.1. The summed E-state index contributed by atoms with van der Waals surface area (Å²) in [6.07, 6.45) is 0.827. The molecule has 1 aliphatic heterocycles. The van der Waals surface area contributed by atoms with Crippen molar-refractivity contribution in [2.75, 3.05) is 35.0 Å². The van der Waals surface area contributed by atoms with E-state index in [0.717, 1.165) is 5.56 Å². The van der Waals surface area contributed by atoms with Crippen LogP contribution in [0.4, 0.5) is 0 Å². The number of aliphatic imine (C=N–C) groups is 1. The summed E-state index contributed by atoms with van der Waals surface area (Å²) in [5.74, 6) is 0.496. The minimum Gasteiger partial charge on any atom is -0.497 e. The van der Waals surface area contributed by atoms with Crippen LogP contribution in [0.1, 0.15) is 49.7 Å². The summed E-state index contributed by atoms with van der Waals surface area (Å²) in [7, 11) is 6.32. The summed E-state index contributed by atoms with van der Waals surface area (Å²) in [5.41, 5.74) is 3.48. The standard InChI is InChI=1S/C29H33NO7/c1-7-37-29(32)26-16(2)30-21-12-18(17-8-10-24(35-5)25(14-17)36-6)13-22(31)28(21)27(26)20-15-19(33-3)9-11-23(20)34-4/h8-11,14-15,18,26-27H,7,12-13H2,1-6H3/t18-,26?,27-/m0/s1. The van der Waals surface area contributed by atoms with Crippen molar-refractivity contribution in [1.82, 2.24) is 0 Å². The zero-order chi connectivity index (χ0) is 26.7. The number of methoxy groups -OCH3 is 4. The molecule has 0 saturated heterocycles. The van der Waals surface area contributed by atoms with Gasteiger partial charge in [0.2, 0.25) is 0 Å². The van der Waals surface area contributed by atoms with Crippen molar-refractivity contribution in [3.8, 4) is 23.0 Å². The van der Waals surface area contributed by atoms with Gasteiger partial charge in [-0.05, 0) is 62.1 Å². The minimum atomic E-state index is -0.749. The number of hydrogen-bond acceptors (Lipinski definition) is 8. The number of hydrogen-bond donors (Lipinski definition) is 0. The van der Waals surface area contributed by atoms with Crippen molar-refractivity contribution in [2.24, 2.45) is 10.9 Å². The number of carbonyl (C=O) groups is 2. The molecule has 1 heterocycles. The smallest absolute Gasteiger partial charge is 0.315 e. The first-order chi connectivity index (χ1) is 17.9. The maximum absolute atomic E-state index is 13.9. The number of rotatable bonds is 8. The average Bonchev–Trinajstić information content (AvgIpc) is 2.91. The summed E-state index contributed by atoms with van der Waals surface area (Å²) in [6.45, 7) is 3.81. The van der Waals surface area contributed by atoms with Gasteiger partial charge in [0.1, 0.15) is 17.4 Å². The number of benzene rings is 2. The molecule has 0 saturated carbocycles. The Bertz CT molecular complexity index is 1260. The van der Waals surface area contributed by atoms with E-state index in [2.05, 4.69) is 0 Å². The van der Waals surface area contributed by atoms with E-state index in [-0.39, 0.29) is 24.7 Å². The molecule has 2 aliphatic rings. The van der Waals surface area contributed by atoms with Gasteiger partial charge in [0.15, 0.2) is 17.3 Å². The fraction of sp³-hybridized carbons (Fsp3) is 0.414. The fourth-order valence-electron chi connectivity index (χ4n) is 5.36. The van der Waals surface area contributed by atoms with E-state index in [0.29, 0.717) is 52.0 Å². The highest BCUT2D eigenvalue weighted by Crippen LogP contribution is 2.49. The monoisotopic (exact) mass is 507 g/mol. The molecule has 4 rings (SSSR count). The van der Waals surface area contributed by atoms with Crippen molar-refractivity contribution in [3.63, 3.8) is 0 Å². The third-order valence-corrected chi connectivity index (χ3v) is 7.08. The Balaban J connectivity index is 1.84. The Morgan fingerprint density at radius 3 is 2.27 bits per heavy atom. The van der Waals surface area contributed by atoms with Gasteiger partial charge in [-0.3, -0.25) is 14.6 Å². The molecule has 0 N–H and O–H groups in total. The van der Waals surface area contributed by atoms with E-state index in [1.54, 1.807) is 47.5 Å². The second-order valence-corrected chi connectivity index (χ2v) is 9.07. The lowest BCUT2D eigenvalue weighted by Gasteiger charge is -2.37. The van der Waals surface area contributed by atoms with E-state index in [1.807, 2.05) is 31.2 Å². The molecule has 1 aliphatic carbocycles. The third kappa shape index (κ3) is 4.92. The van der Waals surface area contributed by atoms with Crippen molar-refractivity contribution in [2.45, 2.75) is 38.5 Å². The lowest BCUT2D eigenvalue weighted by Crippen LogP contribution is -2.38. The van der Waals surface area contributed by atoms with Crippen LogP contribution >= 0.6 is 0 Å². The fourth-order valence-corrected chi connectivity index (χ4v) is 5.36. The molecule has 0 fully saturated rings. The highest BCUT2D eigenvalue weighted by atomic mass is 16.5. The number of Topliss-reactive ketones (excluding diaryl/α,β-unsaturated/α-hetero) is 1. The van der Waals surface area contributed by atoms with Crippen molar-refractivity contribution in [3.05, 3.63) is 58.8 Å². The van der Waals surface area contributed by atoms with Crippen molar-refractivity contribution in [1.29, 1.82) is 0 Å². The molecule has 196 valence electrons. The van der Waals surface area contributed by atoms with E-state index < -0.39 is 17.8 Å². The predicted octanol–water partition coefficient (Wildman–Crippen LogP) is 4.86. The second-order valence-electron chi connectivity index (χ2n) is 9.07. The van der Waals surface area contributed by atoms with Gasteiger partial charge in [0, 0.05) is 34.9 Å². The first kappa shape index (κ1) is 26.3. The van der Waals surface area contributed by atoms with E-state index in [4.69, 9.17) is 28.7 Å². The molecule has 1 unspecified atom stereocenters. The molecule has 2 aromatic carbocycles. The quantitative estimate of drug-likeness (QED) is 0.471. The number of ether oxygens (including phenoxy) is 5. The lowest BCUT2D eigenvalue weighted by molar-refractivity contribution is -0.146. The Morgan fingerprint density at radius 2 is 1.62 bits per heavy atom. The number of allylic oxidation sites excluding steroid dienone is 2. The first-order valence-corrected chi connectivity index (χ1v) is 12.3. The maximum atomic E-state index is 13.9. The third-order valence-electron chi connectivity index (χ3n) is 7.08. The Hall–Kier alpha value is -3.81. The molecule has 0 bridgehead atoms. The second kappa shape index (κ2) is 11.1. The van der Waals surface area contributed by atoms with Gasteiger partial charge in [-0.15, -0.1) is 0 Å². The molecular weight excluding hydrogens is 474 g/mol. The summed E-state index contributed by atoms with van der Waals surface area (Å²) in [4.78, 5) is 31.9. The average molecular weight is 508 g/mol. The summed E-state index contributed by atoms with van der Waals surface area (Å²) in [5, 5.41) is 0. The van der Waals surface area contributed by atoms with Crippen LogP contribution in [0.3, 0.4) is 0 Å². The highest BCUT2D eigenvalue weighted by Gasteiger charge is 2.46. The van der Waals surface area contributed by atoms with Crippen LogP contribution in [0, 0.1) is 5.92 Å². The SMILES string of the molecule is CCOC(=O)C1C(C)=NC2=C(C(=O)C[C@@H](c3ccc(OC)c(OC)c3)C2)[C@H]1c1cc(OC)ccc1OC. The van der Waals surface area contributed by atoms with Gasteiger partial charge in [0.05, 0.1) is 35.0 Å². The highest BCUT2D eigenvalue weighted by molar-refractivity contribution is 6.09. The number of esters is 1. The van der Waals surface area contributed by atoms with E-state index in [9.17, 15) is 9.59 Å². The van der Waals surface area contributed by atoms with Crippen LogP contribution in [0.15, 0.2) is 52.7 Å². The van der Waals surface area contributed by atoms with Crippen molar-refractivity contribution >= 4 is 17.5 Å². The molecule has 8 nitrogen and oxygen atoms in total. The summed E-state index contributed by atoms with van der Waals surface area (Å²) in [6, 6.07) is 11.1. The van der Waals surface area contributed by atoms with Crippen LogP contribution in [-0.2, 0) is 14.3 Å². The largest absolute Gasteiger partial charge is 0.497 e. The minimum absolute atomic E-state index is 0.0542. The van der Waals surface area contributed by atoms with Gasteiger partial charge in [-0.2, -0.15) is 0 Å². The number of carbonyl (C=O) groups excluding carboxylic acids is 2. The molecule has 0 amide bonds. The Morgan fingerprint density at radius 1 is 0.919 bits per heavy atom. The van der Waals surface area contributed by atoms with Crippen LogP contribution in [0.2, 0.25) is 0 Å². The topological polar surface area (TPSA) is 92.7 Å². The molecule has 0 radical (unpaired) electrons. The van der Waals surface area contributed by atoms with Crippen LogP contribution in [0.25, 0.3) is 0 Å². The molecule has 2 aromatic rings. The predicted molar refractivity (Wildman–Crippen MR) is 139 cm³/mol. The summed E-state index contributed by atoms with van der Waals surface area (Å²) >= 11 is 0. The molecule has 8 heteroatoms. The normalized spacial score (nSPS) is 21.1. The Kier molecular flexibility index (Phi) is 7.86. The molecular formula is C29H33NO7. The number of ketones is 1. The van der Waals surface area contributed by atoms with Gasteiger partial charge < -0.3 is 23.7 Å². The van der Waals surface area contributed by atoms with Crippen LogP contribution in [0.5, 0.6) is 23.0 Å². The van der Waals surface area contributed by atoms with Crippen molar-refractivity contribution < 1.29 is 33.3 Å². The van der Waals surface area contributed by atoms with Gasteiger partial charge in [-0.25, -0.2) is 0 Å². The maximum Gasteiger partial charge on any atom is 0.315 e. The zero-order valence-electron chi connectivity index (χ0n) is 22.1.